The van der Waals surface area contributed by atoms with Gasteiger partial charge in [-0.1, -0.05) is 77.8 Å². The molecule has 134 valence electrons. The van der Waals surface area contributed by atoms with Gasteiger partial charge in [0.05, 0.1) is 33.4 Å². The van der Waals surface area contributed by atoms with Crippen LogP contribution in [-0.2, 0) is 6.54 Å². The molecular formula is C22H16Cl2N2O. The smallest absolute Gasteiger partial charge is 0.205 e. The van der Waals surface area contributed by atoms with Crippen molar-refractivity contribution < 1.29 is 5.11 Å². The van der Waals surface area contributed by atoms with E-state index in [1.54, 1.807) is 29.0 Å². The lowest BCUT2D eigenvalue weighted by atomic mass is 10.2. The lowest BCUT2D eigenvalue weighted by molar-refractivity contribution is 0.444. The van der Waals surface area contributed by atoms with Gasteiger partial charge in [-0.25, -0.2) is 0 Å². The molecule has 5 heteroatoms. The van der Waals surface area contributed by atoms with Gasteiger partial charge in [0, 0.05) is 11.6 Å². The van der Waals surface area contributed by atoms with Gasteiger partial charge in [0.1, 0.15) is 0 Å². The van der Waals surface area contributed by atoms with Gasteiger partial charge in [-0.15, -0.1) is 0 Å². The Kier molecular flexibility index (Phi) is 4.88. The van der Waals surface area contributed by atoms with Gasteiger partial charge in [-0.05, 0) is 23.8 Å². The number of halogens is 2. The third-order valence-corrected chi connectivity index (χ3v) is 5.00. The highest BCUT2D eigenvalue weighted by atomic mass is 35.5. The predicted molar refractivity (Wildman–Crippen MR) is 113 cm³/mol. The minimum atomic E-state index is 0.0583. The first kappa shape index (κ1) is 17.7. The van der Waals surface area contributed by atoms with Crippen LogP contribution in [0.2, 0.25) is 10.0 Å². The summed E-state index contributed by atoms with van der Waals surface area (Å²) in [5, 5.41) is 12.8. The van der Waals surface area contributed by atoms with Crippen molar-refractivity contribution in [3.05, 3.63) is 94.0 Å². The fourth-order valence-electron chi connectivity index (χ4n) is 3.13. The van der Waals surface area contributed by atoms with Crippen LogP contribution in [0.15, 0.2) is 77.8 Å². The van der Waals surface area contributed by atoms with E-state index in [9.17, 15) is 5.11 Å². The molecule has 0 saturated carbocycles. The summed E-state index contributed by atoms with van der Waals surface area (Å²) in [6, 6.07) is 22.9. The van der Waals surface area contributed by atoms with Gasteiger partial charge in [0.2, 0.25) is 5.88 Å². The Morgan fingerprint density at radius 1 is 0.852 bits per heavy atom. The Hall–Kier alpha value is -2.75. The van der Waals surface area contributed by atoms with Crippen LogP contribution in [0, 0.1) is 0 Å². The highest BCUT2D eigenvalue weighted by Gasteiger charge is 2.19. The molecule has 4 rings (SSSR count). The first-order valence-corrected chi connectivity index (χ1v) is 9.23. The molecule has 0 radical (unpaired) electrons. The topological polar surface area (TPSA) is 37.5 Å². The van der Waals surface area contributed by atoms with E-state index in [4.69, 9.17) is 23.2 Å². The molecule has 4 aromatic rings. The molecule has 1 aromatic heterocycles. The maximum atomic E-state index is 11.0. The van der Waals surface area contributed by atoms with Crippen molar-refractivity contribution in [3.8, 4) is 11.6 Å². The second kappa shape index (κ2) is 7.47. The highest BCUT2D eigenvalue weighted by molar-refractivity contribution is 6.38. The molecule has 0 bridgehead atoms. The molecule has 0 saturated heterocycles. The zero-order chi connectivity index (χ0) is 18.8. The third kappa shape index (κ3) is 3.32. The van der Waals surface area contributed by atoms with Gasteiger partial charge in [-0.3, -0.25) is 9.56 Å². The summed E-state index contributed by atoms with van der Waals surface area (Å²) in [6.45, 7) is 0.534. The number of aromatic nitrogens is 1. The average Bonchev–Trinajstić information content (AvgIpc) is 2.95. The first-order valence-electron chi connectivity index (χ1n) is 8.47. The largest absolute Gasteiger partial charge is 0.494 e. The number of fused-ring (bicyclic) bond motifs is 1. The number of rotatable bonds is 4. The van der Waals surface area contributed by atoms with E-state index in [-0.39, 0.29) is 5.88 Å². The summed E-state index contributed by atoms with van der Waals surface area (Å²) >= 11 is 12.8. The van der Waals surface area contributed by atoms with E-state index in [1.165, 1.54) is 0 Å². The van der Waals surface area contributed by atoms with Crippen LogP contribution in [0.4, 0.5) is 0 Å². The number of aliphatic imine (C=N–C) groups is 1. The molecule has 0 fully saturated rings. The highest BCUT2D eigenvalue weighted by Crippen LogP contribution is 2.38. The van der Waals surface area contributed by atoms with Crippen LogP contribution in [0.5, 0.6) is 5.88 Å². The molecular weight excluding hydrogens is 379 g/mol. The average molecular weight is 395 g/mol. The van der Waals surface area contributed by atoms with Crippen molar-refractivity contribution in [3.63, 3.8) is 0 Å². The number of hydrogen-bond donors (Lipinski definition) is 1. The Morgan fingerprint density at radius 2 is 1.52 bits per heavy atom. The Labute approximate surface area is 167 Å². The van der Waals surface area contributed by atoms with Gasteiger partial charge < -0.3 is 5.11 Å². The standard InChI is InChI=1S/C22H16Cl2N2O/c23-18-10-6-11-19(24)21(18)26-20-12-5-4-9-16(20)17(22(26)27)14-25-13-15-7-2-1-3-8-15/h1-12,14,27H,13H2. The molecule has 1 N–H and O–H groups in total. The molecule has 3 nitrogen and oxygen atoms in total. The van der Waals surface area contributed by atoms with Crippen LogP contribution >= 0.6 is 23.2 Å². The normalized spacial score (nSPS) is 11.5. The Morgan fingerprint density at radius 3 is 2.26 bits per heavy atom. The minimum absolute atomic E-state index is 0.0583. The summed E-state index contributed by atoms with van der Waals surface area (Å²) in [5.41, 5.74) is 3.10. The van der Waals surface area contributed by atoms with Crippen molar-refractivity contribution in [1.82, 2.24) is 4.57 Å². The van der Waals surface area contributed by atoms with Crippen molar-refractivity contribution >= 4 is 40.3 Å². The summed E-state index contributed by atoms with van der Waals surface area (Å²) in [4.78, 5) is 4.51. The van der Waals surface area contributed by atoms with E-state index in [0.717, 1.165) is 16.5 Å². The fourth-order valence-corrected chi connectivity index (χ4v) is 3.70. The molecule has 0 aliphatic carbocycles. The quantitative estimate of drug-likeness (QED) is 0.407. The van der Waals surface area contributed by atoms with Crippen LogP contribution in [0.25, 0.3) is 16.6 Å². The summed E-state index contributed by atoms with van der Waals surface area (Å²) in [5.74, 6) is 0.0583. The summed E-state index contributed by atoms with van der Waals surface area (Å²) < 4.78 is 1.67. The molecule has 0 spiro atoms. The van der Waals surface area contributed by atoms with Crippen LogP contribution in [-0.4, -0.2) is 15.9 Å². The second-order valence-corrected chi connectivity index (χ2v) is 6.93. The van der Waals surface area contributed by atoms with Gasteiger partial charge in [-0.2, -0.15) is 0 Å². The summed E-state index contributed by atoms with van der Waals surface area (Å²) in [6.07, 6.45) is 1.70. The van der Waals surface area contributed by atoms with E-state index < -0.39 is 0 Å². The molecule has 0 amide bonds. The van der Waals surface area contributed by atoms with Gasteiger partial charge in [0.15, 0.2) is 0 Å². The number of para-hydroxylation sites is 2. The Balaban J connectivity index is 1.84. The van der Waals surface area contributed by atoms with Crippen molar-refractivity contribution in [2.75, 3.05) is 0 Å². The summed E-state index contributed by atoms with van der Waals surface area (Å²) in [7, 11) is 0. The second-order valence-electron chi connectivity index (χ2n) is 6.12. The lowest BCUT2D eigenvalue weighted by Crippen LogP contribution is -1.96. The minimum Gasteiger partial charge on any atom is -0.494 e. The van der Waals surface area contributed by atoms with Gasteiger partial charge >= 0.3 is 0 Å². The maximum Gasteiger partial charge on any atom is 0.205 e. The van der Waals surface area contributed by atoms with Crippen LogP contribution in [0.3, 0.4) is 0 Å². The number of aromatic hydroxyl groups is 1. The predicted octanol–water partition coefficient (Wildman–Crippen LogP) is 6.26. The molecule has 0 aliphatic heterocycles. The van der Waals surface area contributed by atoms with Crippen LogP contribution in [0.1, 0.15) is 11.1 Å². The van der Waals surface area contributed by atoms with Gasteiger partial charge in [0.25, 0.3) is 0 Å². The molecule has 27 heavy (non-hydrogen) atoms. The number of hydrogen-bond acceptors (Lipinski definition) is 2. The lowest BCUT2D eigenvalue weighted by Gasteiger charge is -2.11. The molecule has 1 heterocycles. The zero-order valence-corrected chi connectivity index (χ0v) is 15.8. The van der Waals surface area contributed by atoms with Crippen molar-refractivity contribution in [2.45, 2.75) is 6.54 Å². The monoisotopic (exact) mass is 394 g/mol. The molecule has 0 aliphatic rings. The number of benzene rings is 3. The van der Waals surface area contributed by atoms with E-state index in [0.29, 0.717) is 27.8 Å². The molecule has 0 unspecified atom stereocenters. The van der Waals surface area contributed by atoms with Crippen molar-refractivity contribution in [1.29, 1.82) is 0 Å². The van der Waals surface area contributed by atoms with E-state index >= 15 is 0 Å². The SMILES string of the molecule is Oc1c(C=NCc2ccccc2)c2ccccc2n1-c1c(Cl)cccc1Cl. The van der Waals surface area contributed by atoms with Crippen molar-refractivity contribution in [2.24, 2.45) is 4.99 Å². The Bertz CT molecular complexity index is 1110. The molecule has 0 atom stereocenters. The molecule has 3 aromatic carbocycles. The fraction of sp³-hybridized carbons (Fsp3) is 0.0455. The van der Waals surface area contributed by atoms with E-state index in [2.05, 4.69) is 4.99 Å². The maximum absolute atomic E-state index is 11.0. The number of nitrogens with zero attached hydrogens (tertiary/aromatic N) is 2. The van der Waals surface area contributed by atoms with E-state index in [1.807, 2.05) is 54.6 Å². The first-order chi connectivity index (χ1) is 13.2. The zero-order valence-electron chi connectivity index (χ0n) is 14.3. The third-order valence-electron chi connectivity index (χ3n) is 4.39. The van der Waals surface area contributed by atoms with Crippen LogP contribution < -0.4 is 0 Å².